The molecule has 0 fully saturated rings. The third-order valence-electron chi connectivity index (χ3n) is 4.37. The van der Waals surface area contributed by atoms with Crippen LogP contribution in [0.2, 0.25) is 0 Å². The zero-order valence-corrected chi connectivity index (χ0v) is 15.7. The highest BCUT2D eigenvalue weighted by atomic mass is 16.4. The molecule has 0 spiro atoms. The Hall–Kier alpha value is -3.15. The summed E-state index contributed by atoms with van der Waals surface area (Å²) < 4.78 is 0. The molecule has 2 aromatic rings. The normalized spacial score (nSPS) is 10.9. The fourth-order valence-corrected chi connectivity index (χ4v) is 2.48. The van der Waals surface area contributed by atoms with Gasteiger partial charge >= 0.3 is 5.97 Å². The Morgan fingerprint density at radius 1 is 0.963 bits per heavy atom. The largest absolute Gasteiger partial charge is 0.481 e. The van der Waals surface area contributed by atoms with Gasteiger partial charge in [-0.25, -0.2) is 0 Å². The number of aliphatic carboxylic acids is 1. The van der Waals surface area contributed by atoms with Gasteiger partial charge in [-0.1, -0.05) is 29.8 Å². The molecule has 0 unspecified atom stereocenters. The topological polar surface area (TPSA) is 95.5 Å². The number of carbonyl (C=O) groups excluding carboxylic acids is 2. The monoisotopic (exact) mass is 368 g/mol. The van der Waals surface area contributed by atoms with Crippen molar-refractivity contribution in [2.24, 2.45) is 0 Å². The number of carboxylic acids is 1. The summed E-state index contributed by atoms with van der Waals surface area (Å²) in [6, 6.07) is 14.3. The molecule has 0 aliphatic carbocycles. The number of hydrogen-bond acceptors (Lipinski definition) is 3. The maximum Gasteiger partial charge on any atom is 0.305 e. The zero-order valence-electron chi connectivity index (χ0n) is 15.7. The van der Waals surface area contributed by atoms with Gasteiger partial charge in [0.25, 0.3) is 5.91 Å². The highest BCUT2D eigenvalue weighted by Crippen LogP contribution is 2.25. The van der Waals surface area contributed by atoms with Crippen LogP contribution in [0.1, 0.15) is 41.8 Å². The van der Waals surface area contributed by atoms with Crippen molar-refractivity contribution in [1.82, 2.24) is 5.32 Å². The van der Waals surface area contributed by atoms with Gasteiger partial charge in [0, 0.05) is 17.8 Å². The Kier molecular flexibility index (Phi) is 6.34. The van der Waals surface area contributed by atoms with Crippen LogP contribution < -0.4 is 10.6 Å². The zero-order chi connectivity index (χ0) is 20.0. The summed E-state index contributed by atoms with van der Waals surface area (Å²) in [6.07, 6.45) is -0.131. The van der Waals surface area contributed by atoms with Gasteiger partial charge in [0.2, 0.25) is 5.91 Å². The van der Waals surface area contributed by atoms with Crippen LogP contribution in [-0.4, -0.2) is 29.4 Å². The molecule has 0 bridgehead atoms. The lowest BCUT2D eigenvalue weighted by atomic mass is 9.83. The van der Waals surface area contributed by atoms with Gasteiger partial charge in [-0.05, 0) is 50.6 Å². The van der Waals surface area contributed by atoms with Crippen LogP contribution in [-0.2, 0) is 15.0 Å². The molecule has 0 atom stereocenters. The molecule has 6 nitrogen and oxygen atoms in total. The fraction of sp³-hybridized carbons (Fsp3) is 0.286. The lowest BCUT2D eigenvalue weighted by molar-refractivity contribution is -0.136. The number of nitrogens with one attached hydrogen (secondary N) is 2. The molecule has 2 rings (SSSR count). The Morgan fingerprint density at radius 2 is 1.56 bits per heavy atom. The van der Waals surface area contributed by atoms with Crippen molar-refractivity contribution < 1.29 is 19.5 Å². The first-order chi connectivity index (χ1) is 12.7. The van der Waals surface area contributed by atoms with E-state index in [4.69, 9.17) is 5.11 Å². The molecule has 0 saturated carbocycles. The molecular formula is C21H24N2O4. The van der Waals surface area contributed by atoms with Crippen LogP contribution in [0.3, 0.4) is 0 Å². The quantitative estimate of drug-likeness (QED) is 0.700. The minimum atomic E-state index is -0.968. The third-order valence-corrected chi connectivity index (χ3v) is 4.37. The van der Waals surface area contributed by atoms with Gasteiger partial charge in [0.1, 0.15) is 0 Å². The van der Waals surface area contributed by atoms with Gasteiger partial charge in [0.05, 0.1) is 11.8 Å². The summed E-state index contributed by atoms with van der Waals surface area (Å²) in [6.45, 7) is 5.78. The van der Waals surface area contributed by atoms with Gasteiger partial charge in [-0.2, -0.15) is 0 Å². The molecule has 6 heteroatoms. The van der Waals surface area contributed by atoms with E-state index in [9.17, 15) is 14.4 Å². The SMILES string of the molecule is Cc1ccc(C(C)(C)C(=O)Nc2ccc(C(=O)NCCC(=O)O)cc2)cc1. The fourth-order valence-electron chi connectivity index (χ4n) is 2.48. The maximum absolute atomic E-state index is 12.7. The van der Waals surface area contributed by atoms with Crippen molar-refractivity contribution in [3.05, 3.63) is 65.2 Å². The van der Waals surface area contributed by atoms with Crippen LogP contribution in [0.25, 0.3) is 0 Å². The number of hydrogen-bond donors (Lipinski definition) is 3. The summed E-state index contributed by atoms with van der Waals surface area (Å²) in [5, 5.41) is 14.0. The Bertz CT molecular complexity index is 824. The molecule has 3 N–H and O–H groups in total. The molecule has 0 heterocycles. The predicted octanol–water partition coefficient (Wildman–Crippen LogP) is 3.12. The smallest absolute Gasteiger partial charge is 0.305 e. The summed E-state index contributed by atoms with van der Waals surface area (Å²) >= 11 is 0. The summed E-state index contributed by atoms with van der Waals surface area (Å²) in [4.78, 5) is 35.1. The van der Waals surface area contributed by atoms with Crippen LogP contribution >= 0.6 is 0 Å². The molecule has 0 aliphatic rings. The van der Waals surface area contributed by atoms with Crippen LogP contribution in [0.15, 0.2) is 48.5 Å². The number of carboxylic acid groups (broad SMARTS) is 1. The molecule has 142 valence electrons. The molecule has 2 aromatic carbocycles. The number of amides is 2. The van der Waals surface area contributed by atoms with Crippen molar-refractivity contribution in [2.75, 3.05) is 11.9 Å². The second kappa shape index (κ2) is 8.49. The number of anilines is 1. The standard InChI is InChI=1S/C21H24N2O4/c1-14-4-8-16(9-5-14)21(2,3)20(27)23-17-10-6-15(7-11-17)19(26)22-13-12-18(24)25/h4-11H,12-13H2,1-3H3,(H,22,26)(H,23,27)(H,24,25). The minimum Gasteiger partial charge on any atom is -0.481 e. The van der Waals surface area contributed by atoms with Gasteiger partial charge in [0.15, 0.2) is 0 Å². The van der Waals surface area contributed by atoms with Crippen LogP contribution in [0.5, 0.6) is 0 Å². The summed E-state index contributed by atoms with van der Waals surface area (Å²) in [5.74, 6) is -1.47. The van der Waals surface area contributed by atoms with E-state index in [1.807, 2.05) is 45.0 Å². The molecule has 0 saturated heterocycles. The first-order valence-electron chi connectivity index (χ1n) is 8.69. The van der Waals surface area contributed by atoms with Crippen molar-refractivity contribution >= 4 is 23.5 Å². The first kappa shape index (κ1) is 20.2. The molecule has 27 heavy (non-hydrogen) atoms. The first-order valence-corrected chi connectivity index (χ1v) is 8.69. The summed E-state index contributed by atoms with van der Waals surface area (Å²) in [7, 11) is 0. The molecular weight excluding hydrogens is 344 g/mol. The van der Waals surface area contributed by atoms with E-state index in [1.165, 1.54) is 0 Å². The second-order valence-electron chi connectivity index (χ2n) is 6.92. The number of rotatable bonds is 7. The highest BCUT2D eigenvalue weighted by Gasteiger charge is 2.29. The lowest BCUT2D eigenvalue weighted by Gasteiger charge is -2.24. The van der Waals surface area contributed by atoms with E-state index >= 15 is 0 Å². The van der Waals surface area contributed by atoms with Gasteiger partial charge in [-0.3, -0.25) is 14.4 Å². The van der Waals surface area contributed by atoms with E-state index in [-0.39, 0.29) is 24.8 Å². The van der Waals surface area contributed by atoms with Gasteiger partial charge in [-0.15, -0.1) is 0 Å². The maximum atomic E-state index is 12.7. The molecule has 0 aliphatic heterocycles. The third kappa shape index (κ3) is 5.41. The van der Waals surface area contributed by atoms with E-state index < -0.39 is 11.4 Å². The Morgan fingerprint density at radius 3 is 2.11 bits per heavy atom. The van der Waals surface area contributed by atoms with E-state index in [1.54, 1.807) is 24.3 Å². The molecule has 0 radical (unpaired) electrons. The van der Waals surface area contributed by atoms with Crippen molar-refractivity contribution in [2.45, 2.75) is 32.6 Å². The minimum absolute atomic E-state index is 0.0669. The molecule has 0 aromatic heterocycles. The van der Waals surface area contributed by atoms with Crippen molar-refractivity contribution in [1.29, 1.82) is 0 Å². The van der Waals surface area contributed by atoms with Crippen LogP contribution in [0.4, 0.5) is 5.69 Å². The number of aryl methyl sites for hydroxylation is 1. The Labute approximate surface area is 158 Å². The average molecular weight is 368 g/mol. The van der Waals surface area contributed by atoms with Crippen molar-refractivity contribution in [3.8, 4) is 0 Å². The van der Waals surface area contributed by atoms with Crippen LogP contribution in [0, 0.1) is 6.92 Å². The second-order valence-corrected chi connectivity index (χ2v) is 6.92. The summed E-state index contributed by atoms with van der Waals surface area (Å²) in [5.41, 5.74) is 2.33. The number of benzene rings is 2. The Balaban J connectivity index is 2.00. The molecule has 2 amide bonds. The highest BCUT2D eigenvalue weighted by molar-refractivity contribution is 5.99. The number of carbonyl (C=O) groups is 3. The average Bonchev–Trinajstić information content (AvgIpc) is 2.62. The van der Waals surface area contributed by atoms with Gasteiger partial charge < -0.3 is 15.7 Å². The lowest BCUT2D eigenvalue weighted by Crippen LogP contribution is -2.34. The van der Waals surface area contributed by atoms with E-state index in [0.29, 0.717) is 11.3 Å². The van der Waals surface area contributed by atoms with E-state index in [0.717, 1.165) is 11.1 Å². The predicted molar refractivity (Wildman–Crippen MR) is 104 cm³/mol. The van der Waals surface area contributed by atoms with Crippen molar-refractivity contribution in [3.63, 3.8) is 0 Å². The van der Waals surface area contributed by atoms with E-state index in [2.05, 4.69) is 10.6 Å².